The van der Waals surface area contributed by atoms with Gasteiger partial charge in [-0.3, -0.25) is 4.79 Å². The molecule has 1 N–H and O–H groups in total. The van der Waals surface area contributed by atoms with Gasteiger partial charge in [-0.15, -0.1) is 11.3 Å². The fraction of sp³-hybridized carbons (Fsp3) is 0.227. The van der Waals surface area contributed by atoms with Gasteiger partial charge in [-0.05, 0) is 48.2 Å². The molecule has 7 heteroatoms. The highest BCUT2D eigenvalue weighted by Crippen LogP contribution is 2.27. The average Bonchev–Trinajstić information content (AvgIpc) is 3.18. The number of nitrogens with one attached hydrogen (secondary N) is 1. The van der Waals surface area contributed by atoms with Crippen LogP contribution in [0, 0.1) is 12.7 Å². The SMILES string of the molecule is Cc1cccc(C(C)C)c1NC(=O)COC(=O)c1csc(-c2ccc(F)cc2)n1. The normalized spacial score (nSPS) is 10.8. The Balaban J connectivity index is 1.61. The van der Waals surface area contributed by atoms with Gasteiger partial charge in [0, 0.05) is 16.6 Å². The number of carbonyl (C=O) groups is 2. The van der Waals surface area contributed by atoms with Crippen molar-refractivity contribution in [2.75, 3.05) is 11.9 Å². The van der Waals surface area contributed by atoms with Crippen molar-refractivity contribution in [1.29, 1.82) is 0 Å². The fourth-order valence-corrected chi connectivity index (χ4v) is 3.61. The summed E-state index contributed by atoms with van der Waals surface area (Å²) >= 11 is 1.25. The third kappa shape index (κ3) is 5.06. The molecule has 2 aromatic carbocycles. The van der Waals surface area contributed by atoms with Gasteiger partial charge in [-0.2, -0.15) is 0 Å². The number of aryl methyl sites for hydroxylation is 1. The van der Waals surface area contributed by atoms with Gasteiger partial charge >= 0.3 is 5.97 Å². The Morgan fingerprint density at radius 2 is 1.90 bits per heavy atom. The van der Waals surface area contributed by atoms with Crippen LogP contribution in [0.5, 0.6) is 0 Å². The zero-order valence-corrected chi connectivity index (χ0v) is 17.2. The van der Waals surface area contributed by atoms with Gasteiger partial charge in [-0.25, -0.2) is 14.2 Å². The largest absolute Gasteiger partial charge is 0.451 e. The molecule has 0 atom stereocenters. The molecule has 3 aromatic rings. The number of ether oxygens (including phenoxy) is 1. The van der Waals surface area contributed by atoms with E-state index in [1.807, 2.05) is 39.0 Å². The van der Waals surface area contributed by atoms with E-state index in [4.69, 9.17) is 4.74 Å². The van der Waals surface area contributed by atoms with Crippen LogP contribution in [0.4, 0.5) is 10.1 Å². The molecule has 0 spiro atoms. The molecule has 0 radical (unpaired) electrons. The first-order chi connectivity index (χ1) is 13.8. The van der Waals surface area contributed by atoms with E-state index < -0.39 is 18.5 Å². The molecule has 0 aliphatic carbocycles. The van der Waals surface area contributed by atoms with Crippen LogP contribution in [0.25, 0.3) is 10.6 Å². The topological polar surface area (TPSA) is 68.3 Å². The van der Waals surface area contributed by atoms with Crippen molar-refractivity contribution < 1.29 is 18.7 Å². The van der Waals surface area contributed by atoms with Gasteiger partial charge in [0.1, 0.15) is 10.8 Å². The number of nitrogens with zero attached hydrogens (tertiary/aromatic N) is 1. The molecule has 0 aliphatic heterocycles. The zero-order valence-electron chi connectivity index (χ0n) is 16.4. The van der Waals surface area contributed by atoms with Crippen LogP contribution in [0.1, 0.15) is 41.4 Å². The summed E-state index contributed by atoms with van der Waals surface area (Å²) in [7, 11) is 0. The molecule has 150 valence electrons. The number of anilines is 1. The van der Waals surface area contributed by atoms with E-state index in [-0.39, 0.29) is 17.4 Å². The summed E-state index contributed by atoms with van der Waals surface area (Å²) in [4.78, 5) is 28.7. The summed E-state index contributed by atoms with van der Waals surface area (Å²) in [5.41, 5.74) is 3.53. The predicted molar refractivity (Wildman–Crippen MR) is 112 cm³/mol. The smallest absolute Gasteiger partial charge is 0.358 e. The maximum absolute atomic E-state index is 13.0. The first kappa shape index (κ1) is 20.7. The summed E-state index contributed by atoms with van der Waals surface area (Å²) in [6.45, 7) is 5.60. The van der Waals surface area contributed by atoms with Crippen molar-refractivity contribution in [1.82, 2.24) is 4.98 Å². The van der Waals surface area contributed by atoms with Crippen LogP contribution >= 0.6 is 11.3 Å². The summed E-state index contributed by atoms with van der Waals surface area (Å²) in [5.74, 6) is -1.19. The molecular formula is C22H21FN2O3S. The molecule has 29 heavy (non-hydrogen) atoms. The quantitative estimate of drug-likeness (QED) is 0.567. The minimum absolute atomic E-state index is 0.112. The zero-order chi connectivity index (χ0) is 21.0. The van der Waals surface area contributed by atoms with E-state index in [2.05, 4.69) is 10.3 Å². The van der Waals surface area contributed by atoms with E-state index in [1.54, 1.807) is 17.5 Å². The monoisotopic (exact) mass is 412 g/mol. The molecule has 5 nitrogen and oxygen atoms in total. The number of benzene rings is 2. The number of thiazole rings is 1. The molecule has 0 bridgehead atoms. The molecule has 0 saturated heterocycles. The first-order valence-corrected chi connectivity index (χ1v) is 10.0. The highest BCUT2D eigenvalue weighted by molar-refractivity contribution is 7.13. The number of rotatable bonds is 6. The van der Waals surface area contributed by atoms with Crippen molar-refractivity contribution in [2.24, 2.45) is 0 Å². The van der Waals surface area contributed by atoms with Crippen molar-refractivity contribution in [3.8, 4) is 10.6 Å². The molecular weight excluding hydrogens is 391 g/mol. The molecule has 0 aliphatic rings. The first-order valence-electron chi connectivity index (χ1n) is 9.13. The lowest BCUT2D eigenvalue weighted by molar-refractivity contribution is -0.119. The number of hydrogen-bond acceptors (Lipinski definition) is 5. The van der Waals surface area contributed by atoms with Gasteiger partial charge in [-0.1, -0.05) is 32.0 Å². The molecule has 0 saturated carbocycles. The standard InChI is InChI=1S/C22H21FN2O3S/c1-13(2)17-6-4-5-14(3)20(17)25-19(26)11-28-22(27)18-12-29-21(24-18)15-7-9-16(23)10-8-15/h4-10,12-13H,11H2,1-3H3,(H,25,26). The van der Waals surface area contributed by atoms with Gasteiger partial charge < -0.3 is 10.1 Å². The molecule has 1 aromatic heterocycles. The Labute approximate surface area is 172 Å². The Kier molecular flexibility index (Phi) is 6.39. The summed E-state index contributed by atoms with van der Waals surface area (Å²) in [6, 6.07) is 11.7. The van der Waals surface area contributed by atoms with Gasteiger partial charge in [0.15, 0.2) is 12.3 Å². The molecule has 0 fully saturated rings. The summed E-state index contributed by atoms with van der Waals surface area (Å²) < 4.78 is 18.1. The van der Waals surface area contributed by atoms with Crippen molar-refractivity contribution in [3.63, 3.8) is 0 Å². The van der Waals surface area contributed by atoms with Gasteiger partial charge in [0.25, 0.3) is 5.91 Å². The van der Waals surface area contributed by atoms with E-state index in [0.29, 0.717) is 10.6 Å². The number of hydrogen-bond donors (Lipinski definition) is 1. The van der Waals surface area contributed by atoms with Crippen molar-refractivity contribution in [2.45, 2.75) is 26.7 Å². The molecule has 1 heterocycles. The van der Waals surface area contributed by atoms with Gasteiger partial charge in [0.05, 0.1) is 0 Å². The molecule has 0 unspecified atom stereocenters. The van der Waals surface area contributed by atoms with Crippen LogP contribution in [0.3, 0.4) is 0 Å². The maximum atomic E-state index is 13.0. The Morgan fingerprint density at radius 1 is 1.17 bits per heavy atom. The number of halogens is 1. The minimum atomic E-state index is -0.682. The minimum Gasteiger partial charge on any atom is -0.451 e. The number of amides is 1. The second-order valence-corrected chi connectivity index (χ2v) is 7.72. The lowest BCUT2D eigenvalue weighted by Gasteiger charge is -2.16. The summed E-state index contributed by atoms with van der Waals surface area (Å²) in [5, 5.41) is 4.96. The molecule has 3 rings (SSSR count). The van der Waals surface area contributed by atoms with E-state index in [1.165, 1.54) is 23.5 Å². The van der Waals surface area contributed by atoms with Crippen molar-refractivity contribution in [3.05, 3.63) is 70.5 Å². The Morgan fingerprint density at radius 3 is 2.59 bits per heavy atom. The van der Waals surface area contributed by atoms with Crippen LogP contribution < -0.4 is 5.32 Å². The number of para-hydroxylation sites is 1. The second-order valence-electron chi connectivity index (χ2n) is 6.86. The Hall–Kier alpha value is -3.06. The third-order valence-corrected chi connectivity index (χ3v) is 5.22. The molecule has 1 amide bonds. The van der Waals surface area contributed by atoms with Crippen molar-refractivity contribution >= 4 is 28.9 Å². The third-order valence-electron chi connectivity index (χ3n) is 4.33. The number of esters is 1. The van der Waals surface area contributed by atoms with Gasteiger partial charge in [0.2, 0.25) is 0 Å². The summed E-state index contributed by atoms with van der Waals surface area (Å²) in [6.07, 6.45) is 0. The lowest BCUT2D eigenvalue weighted by atomic mass is 9.98. The number of aromatic nitrogens is 1. The van der Waals surface area contributed by atoms with Crippen LogP contribution in [-0.4, -0.2) is 23.5 Å². The highest BCUT2D eigenvalue weighted by atomic mass is 32.1. The Bertz CT molecular complexity index is 1030. The fourth-order valence-electron chi connectivity index (χ4n) is 2.82. The van der Waals surface area contributed by atoms with E-state index in [0.717, 1.165) is 16.8 Å². The maximum Gasteiger partial charge on any atom is 0.358 e. The van der Waals surface area contributed by atoms with Crippen LogP contribution in [-0.2, 0) is 9.53 Å². The van der Waals surface area contributed by atoms with Crippen LogP contribution in [0.2, 0.25) is 0 Å². The van der Waals surface area contributed by atoms with Crippen LogP contribution in [0.15, 0.2) is 47.8 Å². The number of carbonyl (C=O) groups excluding carboxylic acids is 2. The van der Waals surface area contributed by atoms with E-state index in [9.17, 15) is 14.0 Å². The second kappa shape index (κ2) is 8.96. The lowest BCUT2D eigenvalue weighted by Crippen LogP contribution is -2.22. The highest BCUT2D eigenvalue weighted by Gasteiger charge is 2.17. The average molecular weight is 412 g/mol. The van der Waals surface area contributed by atoms with E-state index >= 15 is 0 Å². The predicted octanol–water partition coefficient (Wildman–Crippen LogP) is 5.18.